The van der Waals surface area contributed by atoms with E-state index in [0.29, 0.717) is 5.84 Å². The van der Waals surface area contributed by atoms with Crippen molar-refractivity contribution in [2.75, 3.05) is 0 Å². The Kier molecular flexibility index (Phi) is 3.77. The summed E-state index contributed by atoms with van der Waals surface area (Å²) in [4.78, 5) is 10.2. The summed E-state index contributed by atoms with van der Waals surface area (Å²) in [5.41, 5.74) is 2.10. The van der Waals surface area contributed by atoms with E-state index in [4.69, 9.17) is 7.98 Å². The van der Waals surface area contributed by atoms with Crippen LogP contribution in [0.5, 0.6) is 0 Å². The maximum absolute atomic E-state index is 5.43. The Bertz CT molecular complexity index is 544. The summed E-state index contributed by atoms with van der Waals surface area (Å²) in [5, 5.41) is 0. The second kappa shape index (κ2) is 5.49. The molecule has 0 bridgehead atoms. The van der Waals surface area contributed by atoms with Crippen molar-refractivity contribution in [3.05, 3.63) is 60.3 Å². The van der Waals surface area contributed by atoms with Gasteiger partial charge in [0.1, 0.15) is 11.7 Å². The van der Waals surface area contributed by atoms with Crippen LogP contribution in [0.3, 0.4) is 0 Å². The minimum absolute atomic E-state index is 0.535. The number of allylic oxidation sites excluding steroid dienone is 1. The molecule has 0 aromatic heterocycles. The molecule has 88 valence electrons. The Morgan fingerprint density at radius 3 is 2.89 bits per heavy atom. The fraction of sp³-hybridized carbons (Fsp3) is 0.143. The number of aliphatic imine (C=N–C) groups is 1. The van der Waals surface area contributed by atoms with Gasteiger partial charge in [-0.1, -0.05) is 36.9 Å². The Balaban J connectivity index is 2.58. The molecule has 1 aliphatic heterocycles. The van der Waals surface area contributed by atoms with Crippen LogP contribution in [0.25, 0.3) is 0 Å². The molecule has 0 atom stereocenters. The third-order valence-corrected chi connectivity index (χ3v) is 2.75. The largest absolute Gasteiger partial charge is 0.340 e. The average Bonchev–Trinajstić information content (AvgIpc) is 2.55. The van der Waals surface area contributed by atoms with Gasteiger partial charge in [-0.2, -0.15) is 0 Å². The molecule has 18 heavy (non-hydrogen) atoms. The molecule has 0 fully saturated rings. The zero-order chi connectivity index (χ0) is 13.0. The van der Waals surface area contributed by atoms with Crippen molar-refractivity contribution in [1.82, 2.24) is 4.90 Å². The van der Waals surface area contributed by atoms with Gasteiger partial charge in [0.15, 0.2) is 0 Å². The van der Waals surface area contributed by atoms with E-state index in [1.807, 2.05) is 42.3 Å². The molecule has 2 rings (SSSR count). The van der Waals surface area contributed by atoms with Crippen LogP contribution in [-0.2, 0) is 6.54 Å². The molecular formula is C14H14BN3. The highest BCUT2D eigenvalue weighted by Crippen LogP contribution is 2.18. The van der Waals surface area contributed by atoms with E-state index >= 15 is 0 Å². The van der Waals surface area contributed by atoms with Gasteiger partial charge in [-0.25, -0.2) is 4.99 Å². The van der Waals surface area contributed by atoms with Crippen molar-refractivity contribution in [1.29, 1.82) is 0 Å². The Morgan fingerprint density at radius 2 is 2.22 bits per heavy atom. The number of benzene rings is 1. The number of nitrogens with zero attached hydrogens (tertiary/aromatic N) is 3. The first-order chi connectivity index (χ1) is 8.80. The molecule has 2 radical (unpaired) electrons. The molecular weight excluding hydrogens is 221 g/mol. The minimum atomic E-state index is 0.535. The topological polar surface area (TPSA) is 28.0 Å². The molecule has 0 unspecified atom stereocenters. The van der Waals surface area contributed by atoms with Crippen LogP contribution in [-0.4, -0.2) is 24.6 Å². The van der Waals surface area contributed by atoms with Crippen molar-refractivity contribution < 1.29 is 0 Å². The van der Waals surface area contributed by atoms with E-state index in [0.717, 1.165) is 23.5 Å². The van der Waals surface area contributed by atoms with E-state index in [1.165, 1.54) is 0 Å². The number of rotatable bonds is 2. The first-order valence-electron chi connectivity index (χ1n) is 5.77. The highest BCUT2D eigenvalue weighted by molar-refractivity contribution is 6.20. The molecule has 1 aromatic rings. The van der Waals surface area contributed by atoms with Crippen molar-refractivity contribution >= 4 is 19.7 Å². The summed E-state index contributed by atoms with van der Waals surface area (Å²) < 4.78 is 0. The quantitative estimate of drug-likeness (QED) is 0.723. The standard InChI is InChI=1S/C14H14BN3/c1-3-9-18-10-11-7-5-6-8-12(11)14(17-15)16-13(18)4-2/h3-9H,2,10H2,1H3/b9-3-,17-14?. The van der Waals surface area contributed by atoms with Gasteiger partial charge in [0.25, 0.3) is 7.98 Å². The molecule has 0 spiro atoms. The Morgan fingerprint density at radius 1 is 1.44 bits per heavy atom. The zero-order valence-electron chi connectivity index (χ0n) is 10.4. The van der Waals surface area contributed by atoms with E-state index in [2.05, 4.69) is 22.5 Å². The van der Waals surface area contributed by atoms with Crippen molar-refractivity contribution in [3.8, 4) is 0 Å². The summed E-state index contributed by atoms with van der Waals surface area (Å²) >= 11 is 0. The highest BCUT2D eigenvalue weighted by Gasteiger charge is 2.17. The Hall–Kier alpha value is -2.10. The monoisotopic (exact) mass is 235 g/mol. The molecule has 0 saturated heterocycles. The molecule has 0 aliphatic carbocycles. The van der Waals surface area contributed by atoms with Gasteiger partial charge >= 0.3 is 0 Å². The summed E-state index contributed by atoms with van der Waals surface area (Å²) in [5.74, 6) is 1.28. The van der Waals surface area contributed by atoms with Crippen molar-refractivity contribution in [2.24, 2.45) is 9.90 Å². The molecule has 0 saturated carbocycles. The average molecular weight is 235 g/mol. The van der Waals surface area contributed by atoms with E-state index in [-0.39, 0.29) is 0 Å². The predicted octanol–water partition coefficient (Wildman–Crippen LogP) is 2.45. The lowest BCUT2D eigenvalue weighted by molar-refractivity contribution is 0.557. The maximum Gasteiger partial charge on any atom is 0.262 e. The fourth-order valence-corrected chi connectivity index (χ4v) is 1.94. The molecule has 4 heteroatoms. The second-order valence-corrected chi connectivity index (χ2v) is 3.89. The van der Waals surface area contributed by atoms with Crippen LogP contribution in [0.2, 0.25) is 0 Å². The number of hydrogen-bond donors (Lipinski definition) is 0. The van der Waals surface area contributed by atoms with E-state index < -0.39 is 0 Å². The maximum atomic E-state index is 5.43. The molecule has 0 amide bonds. The first-order valence-corrected chi connectivity index (χ1v) is 5.77. The van der Waals surface area contributed by atoms with Gasteiger partial charge in [-0.05, 0) is 18.6 Å². The zero-order valence-corrected chi connectivity index (χ0v) is 10.4. The molecule has 0 N–H and O–H groups in total. The second-order valence-electron chi connectivity index (χ2n) is 3.89. The Labute approximate surface area is 109 Å². The molecule has 1 aliphatic rings. The summed E-state index contributed by atoms with van der Waals surface area (Å²) in [6.07, 6.45) is 5.64. The van der Waals surface area contributed by atoms with E-state index in [9.17, 15) is 0 Å². The number of hydrogen-bond acceptors (Lipinski definition) is 2. The van der Waals surface area contributed by atoms with Crippen molar-refractivity contribution in [3.63, 3.8) is 0 Å². The van der Waals surface area contributed by atoms with Gasteiger partial charge in [0.2, 0.25) is 0 Å². The van der Waals surface area contributed by atoms with Crippen LogP contribution >= 0.6 is 0 Å². The number of amidine groups is 2. The first kappa shape index (κ1) is 12.4. The van der Waals surface area contributed by atoms with Crippen molar-refractivity contribution in [2.45, 2.75) is 13.5 Å². The van der Waals surface area contributed by atoms with Crippen LogP contribution in [0.1, 0.15) is 18.1 Å². The smallest absolute Gasteiger partial charge is 0.262 e. The van der Waals surface area contributed by atoms with Crippen LogP contribution in [0.4, 0.5) is 0 Å². The number of fused-ring (bicyclic) bond motifs is 1. The molecule has 3 nitrogen and oxygen atoms in total. The predicted molar refractivity (Wildman–Crippen MR) is 76.7 cm³/mol. The molecule has 1 heterocycles. The molecule has 1 aromatic carbocycles. The normalized spacial score (nSPS) is 17.5. The van der Waals surface area contributed by atoms with Gasteiger partial charge < -0.3 is 9.80 Å². The lowest BCUT2D eigenvalue weighted by Crippen LogP contribution is -2.22. The van der Waals surface area contributed by atoms with Crippen LogP contribution in [0.15, 0.2) is 59.1 Å². The SMILES string of the molecule is [B]N=C1N=C(C=C)N(/C=C\C)Cc2ccccc21. The van der Waals surface area contributed by atoms with Gasteiger partial charge in [0, 0.05) is 18.3 Å². The van der Waals surface area contributed by atoms with E-state index in [1.54, 1.807) is 6.08 Å². The fourth-order valence-electron chi connectivity index (χ4n) is 1.94. The lowest BCUT2D eigenvalue weighted by Gasteiger charge is -2.18. The summed E-state index contributed by atoms with van der Waals surface area (Å²) in [7, 11) is 5.43. The van der Waals surface area contributed by atoms with Crippen LogP contribution < -0.4 is 0 Å². The van der Waals surface area contributed by atoms with Gasteiger partial charge in [-0.3, -0.25) is 0 Å². The summed E-state index contributed by atoms with van der Waals surface area (Å²) in [6.45, 7) is 6.48. The van der Waals surface area contributed by atoms with Gasteiger partial charge in [0.05, 0.1) is 0 Å². The van der Waals surface area contributed by atoms with Gasteiger partial charge in [-0.15, -0.1) is 0 Å². The van der Waals surface area contributed by atoms with Crippen LogP contribution in [0, 0.1) is 0 Å². The highest BCUT2D eigenvalue weighted by atomic mass is 15.2. The third-order valence-electron chi connectivity index (χ3n) is 2.75. The lowest BCUT2D eigenvalue weighted by atomic mass is 10.1. The summed E-state index contributed by atoms with van der Waals surface area (Å²) in [6, 6.07) is 7.99. The third kappa shape index (κ3) is 2.27. The minimum Gasteiger partial charge on any atom is -0.340 e.